The van der Waals surface area contributed by atoms with E-state index in [1.54, 1.807) is 18.3 Å². The average molecular weight is 372 g/mol. The summed E-state index contributed by atoms with van der Waals surface area (Å²) in [5, 5.41) is 4.99. The van der Waals surface area contributed by atoms with Crippen molar-refractivity contribution in [2.45, 2.75) is 0 Å². The minimum atomic E-state index is -0.314. The Morgan fingerprint density at radius 3 is 2.91 bits per heavy atom. The fraction of sp³-hybridized carbons (Fsp3) is 0.0588. The van der Waals surface area contributed by atoms with Crippen molar-refractivity contribution >= 4 is 39.0 Å². The van der Waals surface area contributed by atoms with Gasteiger partial charge in [-0.15, -0.1) is 0 Å². The van der Waals surface area contributed by atoms with Gasteiger partial charge in [-0.2, -0.15) is 5.10 Å². The number of halogens is 1. The highest BCUT2D eigenvalue weighted by atomic mass is 79.9. The predicted octanol–water partition coefficient (Wildman–Crippen LogP) is 3.46. The topological polar surface area (TPSA) is 66.5 Å². The van der Waals surface area contributed by atoms with Crippen LogP contribution in [0.2, 0.25) is 0 Å². The van der Waals surface area contributed by atoms with Crippen LogP contribution in [0, 0.1) is 0 Å². The molecule has 2 N–H and O–H groups in total. The lowest BCUT2D eigenvalue weighted by Gasteiger charge is -2.03. The molecule has 1 amide bonds. The molecular weight excluding hydrogens is 358 g/mol. The molecule has 0 atom stereocenters. The summed E-state index contributed by atoms with van der Waals surface area (Å²) in [4.78, 5) is 14.8. The number of hydrogen-bond donors (Lipinski definition) is 2. The standard InChI is InChI=1S/C17H14BrN3O2/c18-13-6-7-16-15(8-13)12(9-19-16)10-20-21-17(22)11-23-14-4-2-1-3-5-14/h1-10,19H,11H2,(H,21,22). The third-order valence-corrected chi connectivity index (χ3v) is 3.68. The first kappa shape index (κ1) is 15.3. The Balaban J connectivity index is 1.57. The van der Waals surface area contributed by atoms with Gasteiger partial charge in [0.2, 0.25) is 0 Å². The summed E-state index contributed by atoms with van der Waals surface area (Å²) in [5.74, 6) is 0.333. The highest BCUT2D eigenvalue weighted by Gasteiger charge is 2.03. The largest absolute Gasteiger partial charge is 0.484 e. The molecule has 116 valence electrons. The molecule has 0 aliphatic heterocycles. The van der Waals surface area contributed by atoms with Crippen molar-refractivity contribution in [3.8, 4) is 5.75 Å². The minimum Gasteiger partial charge on any atom is -0.484 e. The van der Waals surface area contributed by atoms with E-state index in [1.165, 1.54) is 0 Å². The van der Waals surface area contributed by atoms with Crippen LogP contribution in [-0.2, 0) is 4.79 Å². The van der Waals surface area contributed by atoms with Crippen molar-refractivity contribution < 1.29 is 9.53 Å². The molecule has 0 spiro atoms. The van der Waals surface area contributed by atoms with E-state index in [-0.39, 0.29) is 12.5 Å². The first-order chi connectivity index (χ1) is 11.2. The van der Waals surface area contributed by atoms with E-state index in [2.05, 4.69) is 31.4 Å². The number of hydrogen-bond acceptors (Lipinski definition) is 3. The zero-order chi connectivity index (χ0) is 16.1. The van der Waals surface area contributed by atoms with Crippen LogP contribution >= 0.6 is 15.9 Å². The summed E-state index contributed by atoms with van der Waals surface area (Å²) >= 11 is 3.44. The first-order valence-electron chi connectivity index (χ1n) is 6.99. The highest BCUT2D eigenvalue weighted by molar-refractivity contribution is 9.10. The maximum absolute atomic E-state index is 11.7. The SMILES string of the molecule is O=C(COc1ccccc1)NN=Cc1c[nH]c2ccc(Br)cc12. The van der Waals surface area contributed by atoms with Crippen LogP contribution in [0.1, 0.15) is 5.56 Å². The fourth-order valence-electron chi connectivity index (χ4n) is 2.09. The Hall–Kier alpha value is -2.60. The van der Waals surface area contributed by atoms with Crippen LogP contribution in [0.3, 0.4) is 0 Å². The number of ether oxygens (including phenoxy) is 1. The number of nitrogens with zero attached hydrogens (tertiary/aromatic N) is 1. The Kier molecular flexibility index (Phi) is 4.73. The van der Waals surface area contributed by atoms with Gasteiger partial charge in [-0.3, -0.25) is 4.79 Å². The highest BCUT2D eigenvalue weighted by Crippen LogP contribution is 2.21. The van der Waals surface area contributed by atoms with E-state index in [0.717, 1.165) is 20.9 Å². The number of amides is 1. The molecule has 0 bridgehead atoms. The average Bonchev–Trinajstić information content (AvgIpc) is 2.96. The maximum Gasteiger partial charge on any atom is 0.277 e. The number of H-pyrrole nitrogens is 1. The van der Waals surface area contributed by atoms with E-state index in [4.69, 9.17) is 4.74 Å². The number of aromatic amines is 1. The van der Waals surface area contributed by atoms with Crippen LogP contribution in [-0.4, -0.2) is 23.7 Å². The molecule has 2 aromatic carbocycles. The molecule has 0 fully saturated rings. The van der Waals surface area contributed by atoms with Gasteiger partial charge in [0.25, 0.3) is 5.91 Å². The molecule has 6 heteroatoms. The second kappa shape index (κ2) is 7.11. The Bertz CT molecular complexity index is 843. The molecule has 0 unspecified atom stereocenters. The van der Waals surface area contributed by atoms with E-state index < -0.39 is 0 Å². The number of aromatic nitrogens is 1. The number of benzene rings is 2. The molecule has 5 nitrogen and oxygen atoms in total. The van der Waals surface area contributed by atoms with Gasteiger partial charge >= 0.3 is 0 Å². The summed E-state index contributed by atoms with van der Waals surface area (Å²) in [6.07, 6.45) is 3.44. The summed E-state index contributed by atoms with van der Waals surface area (Å²) < 4.78 is 6.33. The summed E-state index contributed by atoms with van der Waals surface area (Å²) in [6.45, 7) is -0.0826. The van der Waals surface area contributed by atoms with Gasteiger partial charge in [0, 0.05) is 27.1 Å². The summed E-state index contributed by atoms with van der Waals surface area (Å²) in [7, 11) is 0. The molecule has 3 aromatic rings. The molecule has 23 heavy (non-hydrogen) atoms. The Morgan fingerprint density at radius 1 is 1.26 bits per heavy atom. The van der Waals surface area contributed by atoms with Gasteiger partial charge in [0.15, 0.2) is 6.61 Å². The number of hydrazone groups is 1. The van der Waals surface area contributed by atoms with Crippen LogP contribution in [0.5, 0.6) is 5.75 Å². The van der Waals surface area contributed by atoms with Crippen molar-refractivity contribution in [3.63, 3.8) is 0 Å². The molecule has 0 saturated carbocycles. The van der Waals surface area contributed by atoms with Gasteiger partial charge in [0.05, 0.1) is 6.21 Å². The number of carbonyl (C=O) groups is 1. The fourth-order valence-corrected chi connectivity index (χ4v) is 2.45. The summed E-state index contributed by atoms with van der Waals surface area (Å²) in [5.41, 5.74) is 4.35. The zero-order valence-electron chi connectivity index (χ0n) is 12.1. The van der Waals surface area contributed by atoms with Crippen LogP contribution < -0.4 is 10.2 Å². The quantitative estimate of drug-likeness (QED) is 0.532. The lowest BCUT2D eigenvalue weighted by molar-refractivity contribution is -0.123. The second-order valence-corrected chi connectivity index (χ2v) is 5.74. The van der Waals surface area contributed by atoms with Crippen molar-refractivity contribution in [2.75, 3.05) is 6.61 Å². The summed E-state index contributed by atoms with van der Waals surface area (Å²) in [6, 6.07) is 15.1. The molecule has 0 aliphatic carbocycles. The smallest absolute Gasteiger partial charge is 0.277 e. The van der Waals surface area contributed by atoms with Crippen LogP contribution in [0.15, 0.2) is 64.3 Å². The third-order valence-electron chi connectivity index (χ3n) is 3.18. The van der Waals surface area contributed by atoms with E-state index in [1.807, 2.05) is 42.6 Å². The molecular formula is C17H14BrN3O2. The van der Waals surface area contributed by atoms with Crippen molar-refractivity contribution in [1.29, 1.82) is 0 Å². The van der Waals surface area contributed by atoms with E-state index in [9.17, 15) is 4.79 Å². The molecule has 1 heterocycles. The first-order valence-corrected chi connectivity index (χ1v) is 7.78. The number of carbonyl (C=O) groups excluding carboxylic acids is 1. The number of rotatable bonds is 5. The minimum absolute atomic E-state index is 0.0826. The van der Waals surface area contributed by atoms with Crippen molar-refractivity contribution in [2.24, 2.45) is 5.10 Å². The van der Waals surface area contributed by atoms with E-state index in [0.29, 0.717) is 5.75 Å². The Morgan fingerprint density at radius 2 is 2.09 bits per heavy atom. The van der Waals surface area contributed by atoms with E-state index >= 15 is 0 Å². The van der Waals surface area contributed by atoms with Gasteiger partial charge in [-0.05, 0) is 30.3 Å². The second-order valence-electron chi connectivity index (χ2n) is 4.83. The molecule has 0 saturated heterocycles. The van der Waals surface area contributed by atoms with Crippen molar-refractivity contribution in [3.05, 3.63) is 64.8 Å². The predicted molar refractivity (Wildman–Crippen MR) is 93.7 cm³/mol. The lowest BCUT2D eigenvalue weighted by atomic mass is 10.2. The number of fused-ring (bicyclic) bond motifs is 1. The van der Waals surface area contributed by atoms with Gasteiger partial charge in [-0.25, -0.2) is 5.43 Å². The number of nitrogens with one attached hydrogen (secondary N) is 2. The zero-order valence-corrected chi connectivity index (χ0v) is 13.7. The lowest BCUT2D eigenvalue weighted by Crippen LogP contribution is -2.24. The molecule has 3 rings (SSSR count). The Labute approximate surface area is 141 Å². The van der Waals surface area contributed by atoms with Gasteiger partial charge < -0.3 is 9.72 Å². The van der Waals surface area contributed by atoms with Gasteiger partial charge in [0.1, 0.15) is 5.75 Å². The number of para-hydroxylation sites is 1. The van der Waals surface area contributed by atoms with Crippen LogP contribution in [0.25, 0.3) is 10.9 Å². The van der Waals surface area contributed by atoms with Gasteiger partial charge in [-0.1, -0.05) is 34.1 Å². The van der Waals surface area contributed by atoms with Crippen LogP contribution in [0.4, 0.5) is 0 Å². The maximum atomic E-state index is 11.7. The normalized spacial score (nSPS) is 11.0. The molecule has 1 aromatic heterocycles. The molecule has 0 aliphatic rings. The third kappa shape index (κ3) is 3.98. The monoisotopic (exact) mass is 371 g/mol. The molecule has 0 radical (unpaired) electrons. The van der Waals surface area contributed by atoms with Crippen molar-refractivity contribution in [1.82, 2.24) is 10.4 Å².